The fraction of sp³-hybridized carbons (Fsp3) is 0.625. The zero-order chi connectivity index (χ0) is 12.2. The molecule has 3 rings (SSSR count). The van der Waals surface area contributed by atoms with E-state index in [9.17, 15) is 0 Å². The van der Waals surface area contributed by atoms with Crippen LogP contribution >= 0.6 is 0 Å². The summed E-state index contributed by atoms with van der Waals surface area (Å²) in [6.07, 6.45) is 8.26. The highest BCUT2D eigenvalue weighted by Gasteiger charge is 2.16. The third-order valence-corrected chi connectivity index (χ3v) is 4.39. The summed E-state index contributed by atoms with van der Waals surface area (Å²) < 4.78 is 0. The van der Waals surface area contributed by atoms with E-state index in [0.717, 1.165) is 19.0 Å². The first kappa shape index (κ1) is 12.0. The Kier molecular flexibility index (Phi) is 3.84. The number of nitrogens with one attached hydrogen (secondary N) is 2. The van der Waals surface area contributed by atoms with Gasteiger partial charge in [0.15, 0.2) is 0 Å². The number of hydrogen-bond donors (Lipinski definition) is 2. The van der Waals surface area contributed by atoms with Gasteiger partial charge in [0.1, 0.15) is 0 Å². The van der Waals surface area contributed by atoms with Gasteiger partial charge in [0.25, 0.3) is 0 Å². The Hall–Kier alpha value is -1.02. The van der Waals surface area contributed by atoms with Crippen molar-refractivity contribution in [2.24, 2.45) is 5.92 Å². The molecule has 1 aliphatic heterocycles. The normalized spacial score (nSPS) is 18.9. The summed E-state index contributed by atoms with van der Waals surface area (Å²) in [5.41, 5.74) is 4.28. The lowest BCUT2D eigenvalue weighted by Gasteiger charge is -2.25. The monoisotopic (exact) mass is 244 g/mol. The lowest BCUT2D eigenvalue weighted by molar-refractivity contribution is 0.292. The minimum absolute atomic E-state index is 1.02. The molecule has 1 heterocycles. The van der Waals surface area contributed by atoms with Crippen LogP contribution in [0.3, 0.4) is 0 Å². The van der Waals surface area contributed by atoms with Crippen LogP contribution in [-0.4, -0.2) is 13.1 Å². The third-order valence-electron chi connectivity index (χ3n) is 4.39. The summed E-state index contributed by atoms with van der Waals surface area (Å²) in [6, 6.07) is 6.88. The minimum atomic E-state index is 1.02. The molecule has 98 valence electrons. The van der Waals surface area contributed by atoms with Gasteiger partial charge in [0.2, 0.25) is 0 Å². The molecule has 0 bridgehead atoms. The van der Waals surface area contributed by atoms with Crippen molar-refractivity contribution >= 4 is 5.69 Å². The van der Waals surface area contributed by atoms with Crippen molar-refractivity contribution < 1.29 is 0 Å². The van der Waals surface area contributed by atoms with Gasteiger partial charge in [0, 0.05) is 18.8 Å². The molecule has 2 aliphatic rings. The molecule has 1 aromatic carbocycles. The fourth-order valence-corrected chi connectivity index (χ4v) is 2.96. The standard InChI is InChI=1S/C16H24N2/c1-3-13(4-1)8-10-17-12-14-6-7-16-15(11-14)5-2-9-18-16/h6-7,11,13,17-18H,1-5,8-10,12H2. The molecule has 0 aromatic heterocycles. The molecular formula is C16H24N2. The summed E-state index contributed by atoms with van der Waals surface area (Å²) in [7, 11) is 0. The highest BCUT2D eigenvalue weighted by atomic mass is 14.9. The molecule has 1 aliphatic carbocycles. The van der Waals surface area contributed by atoms with Gasteiger partial charge in [-0.15, -0.1) is 0 Å². The van der Waals surface area contributed by atoms with Gasteiger partial charge in [-0.2, -0.15) is 0 Å². The first-order valence-corrected chi connectivity index (χ1v) is 7.48. The Balaban J connectivity index is 1.46. The second-order valence-corrected chi connectivity index (χ2v) is 5.78. The fourth-order valence-electron chi connectivity index (χ4n) is 2.96. The summed E-state index contributed by atoms with van der Waals surface area (Å²) in [5.74, 6) is 1.02. The van der Waals surface area contributed by atoms with Crippen molar-refractivity contribution in [2.75, 3.05) is 18.4 Å². The predicted molar refractivity (Wildman–Crippen MR) is 76.9 cm³/mol. The van der Waals surface area contributed by atoms with Crippen molar-refractivity contribution in [1.29, 1.82) is 0 Å². The number of aryl methyl sites for hydroxylation is 1. The van der Waals surface area contributed by atoms with E-state index in [1.54, 1.807) is 0 Å². The van der Waals surface area contributed by atoms with E-state index in [1.165, 1.54) is 61.9 Å². The van der Waals surface area contributed by atoms with Gasteiger partial charge < -0.3 is 10.6 Å². The Morgan fingerprint density at radius 3 is 3.00 bits per heavy atom. The molecule has 0 spiro atoms. The Bertz CT molecular complexity index is 396. The topological polar surface area (TPSA) is 24.1 Å². The zero-order valence-corrected chi connectivity index (χ0v) is 11.2. The van der Waals surface area contributed by atoms with Crippen molar-refractivity contribution in [3.05, 3.63) is 29.3 Å². The number of anilines is 1. The maximum atomic E-state index is 3.59. The molecule has 0 amide bonds. The van der Waals surface area contributed by atoms with Crippen LogP contribution in [0.4, 0.5) is 5.69 Å². The van der Waals surface area contributed by atoms with E-state index in [4.69, 9.17) is 0 Å². The molecule has 0 atom stereocenters. The van der Waals surface area contributed by atoms with Gasteiger partial charge in [-0.05, 0) is 48.9 Å². The first-order valence-electron chi connectivity index (χ1n) is 7.48. The van der Waals surface area contributed by atoms with Crippen molar-refractivity contribution in [3.63, 3.8) is 0 Å². The maximum absolute atomic E-state index is 3.59. The predicted octanol–water partition coefficient (Wildman–Crippen LogP) is 3.32. The molecule has 1 saturated carbocycles. The van der Waals surface area contributed by atoms with E-state index in [-0.39, 0.29) is 0 Å². The number of benzene rings is 1. The second-order valence-electron chi connectivity index (χ2n) is 5.78. The van der Waals surface area contributed by atoms with Crippen molar-refractivity contribution in [3.8, 4) is 0 Å². The first-order chi connectivity index (χ1) is 8.92. The largest absolute Gasteiger partial charge is 0.385 e. The van der Waals surface area contributed by atoms with E-state index >= 15 is 0 Å². The van der Waals surface area contributed by atoms with Crippen LogP contribution in [0.2, 0.25) is 0 Å². The average Bonchev–Trinajstić information content (AvgIpc) is 2.36. The number of fused-ring (bicyclic) bond motifs is 1. The van der Waals surface area contributed by atoms with Gasteiger partial charge in [-0.25, -0.2) is 0 Å². The Morgan fingerprint density at radius 1 is 1.22 bits per heavy atom. The number of rotatable bonds is 5. The molecular weight excluding hydrogens is 220 g/mol. The quantitative estimate of drug-likeness (QED) is 0.776. The lowest BCUT2D eigenvalue weighted by Crippen LogP contribution is -2.21. The van der Waals surface area contributed by atoms with E-state index in [1.807, 2.05) is 0 Å². The molecule has 1 fully saturated rings. The molecule has 18 heavy (non-hydrogen) atoms. The van der Waals surface area contributed by atoms with Crippen LogP contribution in [0, 0.1) is 5.92 Å². The molecule has 2 heteroatoms. The van der Waals surface area contributed by atoms with Gasteiger partial charge in [-0.1, -0.05) is 31.4 Å². The maximum Gasteiger partial charge on any atom is 0.0372 e. The smallest absolute Gasteiger partial charge is 0.0372 e. The molecule has 1 aromatic rings. The Morgan fingerprint density at radius 2 is 2.17 bits per heavy atom. The lowest BCUT2D eigenvalue weighted by atomic mass is 9.83. The van der Waals surface area contributed by atoms with E-state index in [2.05, 4.69) is 28.8 Å². The molecule has 0 saturated heterocycles. The van der Waals surface area contributed by atoms with Crippen LogP contribution in [0.15, 0.2) is 18.2 Å². The van der Waals surface area contributed by atoms with Crippen LogP contribution in [0.1, 0.15) is 43.2 Å². The molecule has 2 nitrogen and oxygen atoms in total. The van der Waals surface area contributed by atoms with Crippen LogP contribution in [-0.2, 0) is 13.0 Å². The highest BCUT2D eigenvalue weighted by molar-refractivity contribution is 5.54. The van der Waals surface area contributed by atoms with Crippen molar-refractivity contribution in [2.45, 2.75) is 45.1 Å². The van der Waals surface area contributed by atoms with Crippen LogP contribution < -0.4 is 10.6 Å². The summed E-state index contributed by atoms with van der Waals surface area (Å²) >= 11 is 0. The van der Waals surface area contributed by atoms with E-state index in [0.29, 0.717) is 0 Å². The third kappa shape index (κ3) is 2.86. The van der Waals surface area contributed by atoms with Crippen molar-refractivity contribution in [1.82, 2.24) is 5.32 Å². The minimum Gasteiger partial charge on any atom is -0.385 e. The zero-order valence-electron chi connectivity index (χ0n) is 11.2. The average molecular weight is 244 g/mol. The van der Waals surface area contributed by atoms with Crippen LogP contribution in [0.5, 0.6) is 0 Å². The highest BCUT2D eigenvalue weighted by Crippen LogP contribution is 2.28. The van der Waals surface area contributed by atoms with Crippen LogP contribution in [0.25, 0.3) is 0 Å². The SMILES string of the molecule is c1cc2c(cc1CNCCC1CCC1)CCCN2. The van der Waals surface area contributed by atoms with Gasteiger partial charge in [-0.3, -0.25) is 0 Å². The molecule has 2 N–H and O–H groups in total. The van der Waals surface area contributed by atoms with Gasteiger partial charge in [0.05, 0.1) is 0 Å². The number of hydrogen-bond acceptors (Lipinski definition) is 2. The summed E-state index contributed by atoms with van der Waals surface area (Å²) in [5, 5.41) is 7.05. The summed E-state index contributed by atoms with van der Waals surface area (Å²) in [4.78, 5) is 0. The second kappa shape index (κ2) is 5.75. The molecule has 0 unspecified atom stereocenters. The molecule has 0 radical (unpaired) electrons. The van der Waals surface area contributed by atoms with Gasteiger partial charge >= 0.3 is 0 Å². The Labute approximate surface area is 110 Å². The summed E-state index contributed by atoms with van der Waals surface area (Å²) in [6.45, 7) is 3.34. The van der Waals surface area contributed by atoms with E-state index < -0.39 is 0 Å².